The molecule has 4 N–H and O–H groups in total. The highest BCUT2D eigenvalue weighted by molar-refractivity contribution is 7.85. The molecule has 7 rings (SSSR count). The van der Waals surface area contributed by atoms with Crippen LogP contribution >= 0.6 is 0 Å². The van der Waals surface area contributed by atoms with Crippen LogP contribution in [0.25, 0.3) is 22.3 Å². The molecule has 1 aliphatic carbocycles. The highest BCUT2D eigenvalue weighted by Crippen LogP contribution is 2.48. The van der Waals surface area contributed by atoms with Gasteiger partial charge in [-0.3, -0.25) is 14.2 Å². The predicted molar refractivity (Wildman–Crippen MR) is 164 cm³/mol. The number of alkyl halides is 3. The lowest BCUT2D eigenvalue weighted by Crippen LogP contribution is -2.50. The van der Waals surface area contributed by atoms with Crippen molar-refractivity contribution < 1.29 is 60.2 Å². The lowest BCUT2D eigenvalue weighted by molar-refractivity contribution is -0.192. The number of carboxylic acid groups (broad SMARTS) is 1. The molecule has 1 aromatic carbocycles. The Morgan fingerprint density at radius 1 is 1.16 bits per heavy atom. The number of cyclic esters (lactones) is 1. The van der Waals surface area contributed by atoms with E-state index in [0.717, 1.165) is 48.0 Å². The van der Waals surface area contributed by atoms with Crippen LogP contribution in [-0.2, 0) is 49.6 Å². The molecule has 0 bridgehead atoms. The van der Waals surface area contributed by atoms with Crippen LogP contribution in [0.5, 0.6) is 0 Å². The first-order chi connectivity index (χ1) is 22.7. The van der Waals surface area contributed by atoms with Crippen molar-refractivity contribution >= 4 is 33.0 Å². The van der Waals surface area contributed by atoms with Crippen molar-refractivity contribution in [1.29, 1.82) is 0 Å². The van der Waals surface area contributed by atoms with E-state index < -0.39 is 33.8 Å². The summed E-state index contributed by atoms with van der Waals surface area (Å²) >= 11 is 0. The Balaban J connectivity index is 0.000000337. The molecule has 5 heterocycles. The normalized spacial score (nSPS) is 21.3. The van der Waals surface area contributed by atoms with Crippen molar-refractivity contribution in [3.05, 3.63) is 61.7 Å². The van der Waals surface area contributed by atoms with Crippen LogP contribution in [0, 0.1) is 18.7 Å². The highest BCUT2D eigenvalue weighted by atomic mass is 32.2. The third kappa shape index (κ3) is 6.54. The summed E-state index contributed by atoms with van der Waals surface area (Å²) in [6.07, 6.45) is -2.74. The molecule has 266 valence electrons. The smallest absolute Gasteiger partial charge is 0.475 e. The van der Waals surface area contributed by atoms with Crippen LogP contribution in [0.3, 0.4) is 0 Å². The molecule has 0 radical (unpaired) electrons. The molecule has 49 heavy (non-hydrogen) atoms. The third-order valence-electron chi connectivity index (χ3n) is 9.27. The number of carboxylic acids is 1. The Kier molecular flexibility index (Phi) is 9.43. The van der Waals surface area contributed by atoms with E-state index in [1.807, 2.05) is 6.92 Å². The topological polar surface area (TPSA) is 197 Å². The van der Waals surface area contributed by atoms with Gasteiger partial charge < -0.3 is 24.6 Å². The zero-order chi connectivity index (χ0) is 36.4. The van der Waals surface area contributed by atoms with Gasteiger partial charge in [-0.2, -0.15) is 21.6 Å². The molecule has 18 heteroatoms. The van der Waals surface area contributed by atoms with Crippen LogP contribution in [0.4, 0.5) is 17.6 Å². The number of esters is 1. The van der Waals surface area contributed by atoms with Gasteiger partial charge in [-0.25, -0.2) is 19.0 Å². The zero-order valence-electron chi connectivity index (χ0n) is 26.5. The van der Waals surface area contributed by atoms with Crippen molar-refractivity contribution in [2.24, 2.45) is 5.92 Å². The van der Waals surface area contributed by atoms with E-state index in [1.165, 1.54) is 6.07 Å². The Bertz CT molecular complexity index is 2040. The number of nitrogens with zero attached hydrogens (tertiary/aromatic N) is 3. The average Bonchev–Trinajstić information content (AvgIpc) is 3.35. The summed E-state index contributed by atoms with van der Waals surface area (Å²) in [6.45, 7) is 5.36. The number of hydrogen-bond donors (Lipinski definition) is 4. The van der Waals surface area contributed by atoms with Crippen LogP contribution in [0.2, 0.25) is 0 Å². The van der Waals surface area contributed by atoms with Crippen LogP contribution in [-0.4, -0.2) is 86.8 Å². The fourth-order valence-corrected chi connectivity index (χ4v) is 6.88. The number of pyridine rings is 2. The van der Waals surface area contributed by atoms with Crippen molar-refractivity contribution in [3.63, 3.8) is 0 Å². The molecule has 2 atom stereocenters. The molecule has 0 spiro atoms. The minimum atomic E-state index is -5.08. The molecule has 0 amide bonds. The van der Waals surface area contributed by atoms with E-state index in [0.29, 0.717) is 35.3 Å². The first-order valence-electron chi connectivity index (χ1n) is 15.1. The number of likely N-dealkylation sites (tertiary alicyclic amines) is 1. The molecular weight excluding hydrogens is 682 g/mol. The molecule has 0 saturated carbocycles. The number of aryl methyl sites for hydroxylation is 1. The van der Waals surface area contributed by atoms with Crippen molar-refractivity contribution in [2.75, 3.05) is 26.0 Å². The fraction of sp³-hybridized carbons (Fsp3) is 0.484. The van der Waals surface area contributed by atoms with Crippen LogP contribution < -0.4 is 5.56 Å². The Labute approximate surface area is 276 Å². The monoisotopic (exact) mass is 715 g/mol. The van der Waals surface area contributed by atoms with E-state index >= 15 is 0 Å². The number of benzene rings is 1. The van der Waals surface area contributed by atoms with Crippen LogP contribution in [0.1, 0.15) is 59.2 Å². The summed E-state index contributed by atoms with van der Waals surface area (Å²) in [5.74, 6) is -3.57. The zero-order valence-corrected chi connectivity index (χ0v) is 27.3. The number of aromatic nitrogens is 2. The Morgan fingerprint density at radius 3 is 2.33 bits per heavy atom. The predicted octanol–water partition coefficient (Wildman–Crippen LogP) is 2.58. The molecule has 0 unspecified atom stereocenters. The number of halogens is 4. The summed E-state index contributed by atoms with van der Waals surface area (Å²) in [7, 11) is -3.67. The largest absolute Gasteiger partial charge is 0.490 e. The van der Waals surface area contributed by atoms with Gasteiger partial charge in [0.2, 0.25) is 0 Å². The van der Waals surface area contributed by atoms with E-state index in [9.17, 15) is 45.8 Å². The quantitative estimate of drug-likeness (QED) is 0.138. The number of ether oxygens (including phenoxy) is 1. The molecule has 1 fully saturated rings. The van der Waals surface area contributed by atoms with E-state index in [-0.39, 0.29) is 54.1 Å². The number of carbonyl (C=O) groups excluding carboxylic acids is 1. The molecule has 13 nitrogen and oxygen atoms in total. The third-order valence-corrected chi connectivity index (χ3v) is 9.27. The van der Waals surface area contributed by atoms with Gasteiger partial charge in [0, 0.05) is 54.2 Å². The van der Waals surface area contributed by atoms with E-state index in [1.54, 1.807) is 17.6 Å². The lowest BCUT2D eigenvalue weighted by Gasteiger charge is -2.46. The second-order valence-corrected chi connectivity index (χ2v) is 13.9. The number of aliphatic hydroxyl groups is 2. The van der Waals surface area contributed by atoms with Crippen molar-refractivity contribution in [3.8, 4) is 11.4 Å². The second kappa shape index (κ2) is 12.7. The first-order valence-corrected chi connectivity index (χ1v) is 16.9. The van der Waals surface area contributed by atoms with Gasteiger partial charge >= 0.3 is 18.1 Å². The van der Waals surface area contributed by atoms with Crippen molar-refractivity contribution in [1.82, 2.24) is 14.5 Å². The Morgan fingerprint density at radius 2 is 1.78 bits per heavy atom. The fourth-order valence-electron chi connectivity index (χ4n) is 6.88. The average molecular weight is 716 g/mol. The maximum Gasteiger partial charge on any atom is 0.490 e. The first kappa shape index (κ1) is 36.3. The maximum absolute atomic E-state index is 15.0. The highest BCUT2D eigenvalue weighted by Gasteiger charge is 2.46. The molecular formula is C31H33F4N3O10S. The molecule has 1 saturated heterocycles. The summed E-state index contributed by atoms with van der Waals surface area (Å²) in [5.41, 5.74) is 3.66. The summed E-state index contributed by atoms with van der Waals surface area (Å²) in [4.78, 5) is 42.3. The SMILES string of the molecule is CC[C@@]1(O)C(=O)OCc2c1cc1n(c2=O)Cc2c-1nc1cc(F)c(C)c3c1c2[C@@H](N1CC(CO)C1)CC3.CS(=O)(=O)O.O=C(O)C(F)(F)F. The lowest BCUT2D eigenvalue weighted by atomic mass is 9.79. The second-order valence-electron chi connectivity index (χ2n) is 12.4. The summed E-state index contributed by atoms with van der Waals surface area (Å²) in [5, 5.41) is 28.9. The van der Waals surface area contributed by atoms with Gasteiger partial charge in [0.05, 0.1) is 35.3 Å². The number of carbonyl (C=O) groups is 2. The van der Waals surface area contributed by atoms with Crippen LogP contribution in [0.15, 0.2) is 16.9 Å². The minimum absolute atomic E-state index is 0.0713. The van der Waals surface area contributed by atoms with Gasteiger partial charge in [-0.05, 0) is 48.9 Å². The summed E-state index contributed by atoms with van der Waals surface area (Å²) < 4.78 is 79.4. The molecule has 4 aliphatic rings. The van der Waals surface area contributed by atoms with Gasteiger partial charge in [0.1, 0.15) is 12.4 Å². The standard InChI is InChI=1S/C28H28FN3O5.C2HF3O2.CH4O3S/c1-3-28(36)18-6-22-25-16(10-32(22)26(34)17(18)12-37-27(28)35)24-21(31-8-14(9-31)11-33)5-4-15-13(2)19(29)7-20(30-25)23(15)24;3-2(4,5)1(6)7;1-5(2,3)4/h6-7,14,21,33,36H,3-5,8-12H2,1-2H3;(H,6,7);1H3,(H,2,3,4)/t21-,28-;;/m0../s1. The number of hydrogen-bond acceptors (Lipinski definition) is 10. The molecule has 3 aromatic rings. The number of fused-ring (bicyclic) bond motifs is 5. The minimum Gasteiger partial charge on any atom is -0.475 e. The Hall–Kier alpha value is -3.97. The number of aliphatic hydroxyl groups excluding tert-OH is 1. The van der Waals surface area contributed by atoms with Gasteiger partial charge in [-0.1, -0.05) is 6.92 Å². The maximum atomic E-state index is 15.0. The molecule has 2 aromatic heterocycles. The van der Waals surface area contributed by atoms with Crippen molar-refractivity contribution in [2.45, 2.75) is 64.1 Å². The van der Waals surface area contributed by atoms with Gasteiger partial charge in [0.25, 0.3) is 15.7 Å². The van der Waals surface area contributed by atoms with E-state index in [2.05, 4.69) is 4.90 Å². The van der Waals surface area contributed by atoms with Gasteiger partial charge in [-0.15, -0.1) is 0 Å². The van der Waals surface area contributed by atoms with E-state index in [4.69, 9.17) is 24.2 Å². The molecule has 3 aliphatic heterocycles. The van der Waals surface area contributed by atoms with Gasteiger partial charge in [0.15, 0.2) is 5.60 Å². The number of aliphatic carboxylic acids is 1. The summed E-state index contributed by atoms with van der Waals surface area (Å²) in [6, 6.07) is 3.26. The number of rotatable bonds is 3.